The third-order valence-electron chi connectivity index (χ3n) is 5.33. The van der Waals surface area contributed by atoms with Gasteiger partial charge in [0.15, 0.2) is 0 Å². The fourth-order valence-electron chi connectivity index (χ4n) is 3.76. The second-order valence-corrected chi connectivity index (χ2v) is 7.16. The van der Waals surface area contributed by atoms with Gasteiger partial charge in [0.25, 0.3) is 5.91 Å². The van der Waals surface area contributed by atoms with Gasteiger partial charge in [-0.15, -0.1) is 0 Å². The molecule has 5 heteroatoms. The van der Waals surface area contributed by atoms with Crippen molar-refractivity contribution < 1.29 is 9.59 Å². The Balaban J connectivity index is 1.46. The Labute approximate surface area is 170 Å². The van der Waals surface area contributed by atoms with Gasteiger partial charge in [0.1, 0.15) is 5.69 Å². The minimum atomic E-state index is -0.183. The minimum Gasteiger partial charge on any atom is -0.351 e. The molecule has 4 rings (SSSR count). The molecule has 3 aromatic rings. The lowest BCUT2D eigenvalue weighted by Gasteiger charge is -2.36. The van der Waals surface area contributed by atoms with Crippen molar-refractivity contribution in [3.63, 3.8) is 0 Å². The summed E-state index contributed by atoms with van der Waals surface area (Å²) in [6, 6.07) is 21.5. The van der Waals surface area contributed by atoms with E-state index >= 15 is 0 Å². The summed E-state index contributed by atoms with van der Waals surface area (Å²) in [6.07, 6.45) is 2.04. The van der Waals surface area contributed by atoms with Crippen LogP contribution in [0.2, 0.25) is 0 Å². The first-order chi connectivity index (χ1) is 14.2. The number of nitrogens with one attached hydrogen (secondary N) is 2. The molecule has 1 aliphatic rings. The van der Waals surface area contributed by atoms with Crippen molar-refractivity contribution in [2.24, 2.45) is 0 Å². The van der Waals surface area contributed by atoms with Crippen LogP contribution in [-0.4, -0.2) is 34.3 Å². The van der Waals surface area contributed by atoms with Crippen LogP contribution in [0, 0.1) is 0 Å². The summed E-state index contributed by atoms with van der Waals surface area (Å²) >= 11 is 0. The van der Waals surface area contributed by atoms with E-state index < -0.39 is 0 Å². The predicted octanol–water partition coefficient (Wildman–Crippen LogP) is 3.55. The van der Waals surface area contributed by atoms with E-state index in [1.807, 2.05) is 54.6 Å². The normalized spacial score (nSPS) is 15.4. The third-order valence-corrected chi connectivity index (χ3v) is 5.33. The fraction of sp³-hybridized carbons (Fsp3) is 0.167. The number of benzene rings is 2. The molecule has 146 valence electrons. The van der Waals surface area contributed by atoms with Crippen LogP contribution in [0.1, 0.15) is 21.6 Å². The first-order valence-electron chi connectivity index (χ1n) is 9.68. The van der Waals surface area contributed by atoms with Crippen molar-refractivity contribution in [2.45, 2.75) is 19.0 Å². The average molecular weight is 385 g/mol. The molecule has 0 spiro atoms. The lowest BCUT2D eigenvalue weighted by Crippen LogP contribution is -2.49. The van der Waals surface area contributed by atoms with Gasteiger partial charge < -0.3 is 15.2 Å². The van der Waals surface area contributed by atoms with E-state index in [-0.39, 0.29) is 17.9 Å². The first kappa shape index (κ1) is 18.7. The molecule has 0 saturated heterocycles. The number of fused-ring (bicyclic) bond motifs is 1. The van der Waals surface area contributed by atoms with E-state index in [4.69, 9.17) is 0 Å². The summed E-state index contributed by atoms with van der Waals surface area (Å²) in [5.41, 5.74) is 4.78. The van der Waals surface area contributed by atoms with Gasteiger partial charge >= 0.3 is 0 Å². The molecule has 1 atom stereocenters. The number of hydrogen-bond donors (Lipinski definition) is 2. The highest BCUT2D eigenvalue weighted by molar-refractivity contribution is 5.93. The number of nitrogens with zero attached hydrogens (tertiary/aromatic N) is 1. The lowest BCUT2D eigenvalue weighted by molar-refractivity contribution is -0.129. The molecule has 0 saturated carbocycles. The van der Waals surface area contributed by atoms with Crippen molar-refractivity contribution in [1.29, 1.82) is 0 Å². The number of carbonyl (C=O) groups is 2. The van der Waals surface area contributed by atoms with Gasteiger partial charge in [-0.1, -0.05) is 61.2 Å². The highest BCUT2D eigenvalue weighted by Crippen LogP contribution is 2.23. The number of carbonyl (C=O) groups excluding carboxylic acids is 2. The Morgan fingerprint density at radius 2 is 1.76 bits per heavy atom. The van der Waals surface area contributed by atoms with Gasteiger partial charge in [-0.05, 0) is 41.3 Å². The van der Waals surface area contributed by atoms with E-state index in [9.17, 15) is 9.59 Å². The second kappa shape index (κ2) is 8.19. The second-order valence-electron chi connectivity index (χ2n) is 7.16. The summed E-state index contributed by atoms with van der Waals surface area (Å²) in [5, 5.41) is 2.97. The molecule has 1 aromatic heterocycles. The molecular formula is C24H23N3O2. The zero-order valence-corrected chi connectivity index (χ0v) is 16.1. The molecule has 2 N–H and O–H groups in total. The standard InChI is InChI=1S/C24H23N3O2/c1-2-23(28)27-16-19-11-7-6-10-18(19)14-20(27)15-25-24(29)22-13-12-21(26-22)17-8-4-3-5-9-17/h2-13,20,26H,1,14-16H2,(H,25,29). The number of rotatable bonds is 5. The molecule has 1 aliphatic heterocycles. The molecule has 2 heterocycles. The van der Waals surface area contributed by atoms with Gasteiger partial charge in [0, 0.05) is 18.8 Å². The van der Waals surface area contributed by atoms with Crippen molar-refractivity contribution in [3.8, 4) is 11.3 Å². The van der Waals surface area contributed by atoms with Crippen molar-refractivity contribution in [2.75, 3.05) is 6.54 Å². The zero-order valence-electron chi connectivity index (χ0n) is 16.1. The summed E-state index contributed by atoms with van der Waals surface area (Å²) < 4.78 is 0. The molecular weight excluding hydrogens is 362 g/mol. The van der Waals surface area contributed by atoms with Gasteiger partial charge in [0.2, 0.25) is 5.91 Å². The van der Waals surface area contributed by atoms with Gasteiger partial charge in [-0.25, -0.2) is 0 Å². The maximum atomic E-state index is 12.7. The van der Waals surface area contributed by atoms with Crippen molar-refractivity contribution >= 4 is 11.8 Å². The number of aromatic amines is 1. The monoisotopic (exact) mass is 385 g/mol. The molecule has 5 nitrogen and oxygen atoms in total. The molecule has 1 unspecified atom stereocenters. The Morgan fingerprint density at radius 1 is 1.03 bits per heavy atom. The largest absolute Gasteiger partial charge is 0.351 e. The van der Waals surface area contributed by atoms with Crippen molar-refractivity contribution in [1.82, 2.24) is 15.2 Å². The van der Waals surface area contributed by atoms with Crippen molar-refractivity contribution in [3.05, 3.63) is 96.2 Å². The first-order valence-corrected chi connectivity index (χ1v) is 9.68. The molecule has 2 amide bonds. The van der Waals surface area contributed by atoms with E-state index in [1.54, 1.807) is 11.0 Å². The quantitative estimate of drug-likeness (QED) is 0.660. The number of aromatic nitrogens is 1. The average Bonchev–Trinajstić information content (AvgIpc) is 3.27. The molecule has 0 fully saturated rings. The molecule has 29 heavy (non-hydrogen) atoms. The maximum Gasteiger partial charge on any atom is 0.267 e. The van der Waals surface area contributed by atoms with Gasteiger partial charge in [-0.3, -0.25) is 9.59 Å². The Morgan fingerprint density at radius 3 is 2.52 bits per heavy atom. The topological polar surface area (TPSA) is 65.2 Å². The van der Waals surface area contributed by atoms with Gasteiger partial charge in [0.05, 0.1) is 6.04 Å². The highest BCUT2D eigenvalue weighted by Gasteiger charge is 2.28. The Bertz CT molecular complexity index is 1040. The molecule has 0 radical (unpaired) electrons. The summed E-state index contributed by atoms with van der Waals surface area (Å²) in [6.45, 7) is 4.53. The van der Waals surface area contributed by atoms with E-state index in [0.717, 1.165) is 16.8 Å². The van der Waals surface area contributed by atoms with Crippen LogP contribution >= 0.6 is 0 Å². The Kier molecular flexibility index (Phi) is 5.29. The predicted molar refractivity (Wildman–Crippen MR) is 113 cm³/mol. The van der Waals surface area contributed by atoms with Crippen LogP contribution in [0.4, 0.5) is 0 Å². The molecule has 0 aliphatic carbocycles. The highest BCUT2D eigenvalue weighted by atomic mass is 16.2. The fourth-order valence-corrected chi connectivity index (χ4v) is 3.76. The van der Waals surface area contributed by atoms with Gasteiger partial charge in [-0.2, -0.15) is 0 Å². The van der Waals surface area contributed by atoms with Crippen LogP contribution in [-0.2, 0) is 17.8 Å². The van der Waals surface area contributed by atoms with Crippen LogP contribution in [0.3, 0.4) is 0 Å². The van der Waals surface area contributed by atoms with E-state index in [0.29, 0.717) is 25.2 Å². The molecule has 0 bridgehead atoms. The third kappa shape index (κ3) is 3.99. The van der Waals surface area contributed by atoms with Crippen LogP contribution < -0.4 is 5.32 Å². The van der Waals surface area contributed by atoms with Crippen LogP contribution in [0.5, 0.6) is 0 Å². The number of hydrogen-bond acceptors (Lipinski definition) is 2. The van der Waals surface area contributed by atoms with E-state index in [1.165, 1.54) is 11.6 Å². The molecule has 2 aromatic carbocycles. The SMILES string of the molecule is C=CC(=O)N1Cc2ccccc2CC1CNC(=O)c1ccc(-c2ccccc2)[nH]1. The number of amides is 2. The summed E-state index contributed by atoms with van der Waals surface area (Å²) in [5.74, 6) is -0.304. The van der Waals surface area contributed by atoms with Crippen LogP contribution in [0.25, 0.3) is 11.3 Å². The number of H-pyrrole nitrogens is 1. The summed E-state index contributed by atoms with van der Waals surface area (Å²) in [7, 11) is 0. The summed E-state index contributed by atoms with van der Waals surface area (Å²) in [4.78, 5) is 30.0. The smallest absolute Gasteiger partial charge is 0.267 e. The van der Waals surface area contributed by atoms with Crippen LogP contribution in [0.15, 0.2) is 79.4 Å². The maximum absolute atomic E-state index is 12.7. The Hall–Kier alpha value is -3.60. The van der Waals surface area contributed by atoms with E-state index in [2.05, 4.69) is 22.9 Å². The lowest BCUT2D eigenvalue weighted by atomic mass is 9.93. The minimum absolute atomic E-state index is 0.108. The zero-order chi connectivity index (χ0) is 20.2.